The van der Waals surface area contributed by atoms with E-state index in [1.54, 1.807) is 31.2 Å². The van der Waals surface area contributed by atoms with E-state index in [9.17, 15) is 8.42 Å². The zero-order valence-corrected chi connectivity index (χ0v) is 12.9. The number of aryl methyl sites for hydroxylation is 1. The average Bonchev–Trinajstić information content (AvgIpc) is 3.10. The summed E-state index contributed by atoms with van der Waals surface area (Å²) in [5.74, 6) is 0.624. The van der Waals surface area contributed by atoms with Gasteiger partial charge in [-0.25, -0.2) is 8.42 Å². The molecule has 0 bridgehead atoms. The first-order valence-electron chi connectivity index (χ1n) is 6.21. The number of hydrogen-bond acceptors (Lipinski definition) is 5. The third-order valence-electron chi connectivity index (χ3n) is 2.82. The van der Waals surface area contributed by atoms with Crippen molar-refractivity contribution < 1.29 is 12.8 Å². The summed E-state index contributed by atoms with van der Waals surface area (Å²) in [5.41, 5.74) is 0.845. The van der Waals surface area contributed by atoms with Crippen LogP contribution in [0.2, 0.25) is 5.02 Å². The van der Waals surface area contributed by atoms with Crippen molar-refractivity contribution in [2.45, 2.75) is 11.8 Å². The van der Waals surface area contributed by atoms with Crippen molar-refractivity contribution >= 4 is 27.3 Å². The van der Waals surface area contributed by atoms with E-state index in [2.05, 4.69) is 19.9 Å². The van der Waals surface area contributed by atoms with Crippen molar-refractivity contribution in [1.29, 1.82) is 0 Å². The zero-order chi connectivity index (χ0) is 15.7. The van der Waals surface area contributed by atoms with E-state index in [0.29, 0.717) is 22.3 Å². The molecule has 0 aliphatic carbocycles. The molecule has 2 aromatic heterocycles. The van der Waals surface area contributed by atoms with Gasteiger partial charge in [-0.05, 0) is 30.3 Å². The van der Waals surface area contributed by atoms with Gasteiger partial charge in [0.25, 0.3) is 15.9 Å². The van der Waals surface area contributed by atoms with Crippen LogP contribution in [-0.2, 0) is 10.0 Å². The summed E-state index contributed by atoms with van der Waals surface area (Å²) in [4.78, 5) is 2.86. The van der Waals surface area contributed by atoms with E-state index >= 15 is 0 Å². The molecule has 1 aromatic carbocycles. The number of nitrogens with zero attached hydrogens (tertiary/aromatic N) is 2. The summed E-state index contributed by atoms with van der Waals surface area (Å²) in [5, 5.41) is 8.05. The van der Waals surface area contributed by atoms with Crippen LogP contribution in [0.5, 0.6) is 0 Å². The first-order chi connectivity index (χ1) is 10.4. The van der Waals surface area contributed by atoms with Crippen molar-refractivity contribution in [3.63, 3.8) is 0 Å². The maximum atomic E-state index is 12.3. The summed E-state index contributed by atoms with van der Waals surface area (Å²) >= 11 is 5.77. The molecule has 0 unspecified atom stereocenters. The largest absolute Gasteiger partial charge is 0.420 e. The van der Waals surface area contributed by atoms with Crippen LogP contribution in [0.15, 0.2) is 45.8 Å². The molecule has 2 N–H and O–H groups in total. The number of rotatable bonds is 4. The van der Waals surface area contributed by atoms with Gasteiger partial charge >= 0.3 is 0 Å². The number of sulfonamides is 1. The van der Waals surface area contributed by atoms with Crippen molar-refractivity contribution in [1.82, 2.24) is 15.2 Å². The number of nitrogens with one attached hydrogen (secondary N) is 2. The highest BCUT2D eigenvalue weighted by molar-refractivity contribution is 7.92. The Hall–Kier alpha value is -2.32. The molecule has 0 spiro atoms. The van der Waals surface area contributed by atoms with Gasteiger partial charge in [-0.1, -0.05) is 11.6 Å². The summed E-state index contributed by atoms with van der Waals surface area (Å²) in [7, 11) is -3.72. The second-order valence-corrected chi connectivity index (χ2v) is 6.61. The lowest BCUT2D eigenvalue weighted by Crippen LogP contribution is -2.11. The topological polar surface area (TPSA) is 101 Å². The van der Waals surface area contributed by atoms with Gasteiger partial charge < -0.3 is 9.40 Å². The van der Waals surface area contributed by atoms with Crippen LogP contribution in [0, 0.1) is 6.92 Å². The molecule has 0 aliphatic heterocycles. The molecule has 9 heteroatoms. The van der Waals surface area contributed by atoms with Gasteiger partial charge in [-0.2, -0.15) is 0 Å². The fourth-order valence-corrected chi connectivity index (χ4v) is 2.97. The van der Waals surface area contributed by atoms with Gasteiger partial charge in [0.15, 0.2) is 0 Å². The number of aromatic amines is 1. The first kappa shape index (κ1) is 14.6. The molecule has 2 heterocycles. The lowest BCUT2D eigenvalue weighted by Gasteiger charge is -2.05. The van der Waals surface area contributed by atoms with E-state index in [1.165, 1.54) is 12.3 Å². The third kappa shape index (κ3) is 2.97. The number of aromatic nitrogens is 3. The molecule has 7 nitrogen and oxygen atoms in total. The Labute approximate surface area is 131 Å². The Morgan fingerprint density at radius 3 is 2.59 bits per heavy atom. The predicted octanol–water partition coefficient (Wildman–Crippen LogP) is 2.83. The lowest BCUT2D eigenvalue weighted by molar-refractivity contribution is 0.531. The fourth-order valence-electron chi connectivity index (χ4n) is 1.79. The van der Waals surface area contributed by atoms with E-state index in [4.69, 9.17) is 16.0 Å². The van der Waals surface area contributed by atoms with Gasteiger partial charge in [0.1, 0.15) is 10.6 Å². The predicted molar refractivity (Wildman–Crippen MR) is 81.1 cm³/mol. The molecule has 0 saturated carbocycles. The minimum Gasteiger partial charge on any atom is -0.420 e. The Kier molecular flexibility index (Phi) is 3.63. The molecular weight excluding hydrogens is 328 g/mol. The second kappa shape index (κ2) is 5.47. The van der Waals surface area contributed by atoms with Gasteiger partial charge in [0, 0.05) is 23.8 Å². The fraction of sp³-hybridized carbons (Fsp3) is 0.0769. The van der Waals surface area contributed by atoms with Gasteiger partial charge in [0.05, 0.1) is 0 Å². The Balaban J connectivity index is 1.86. The first-order valence-corrected chi connectivity index (χ1v) is 8.07. The number of benzene rings is 1. The highest BCUT2D eigenvalue weighted by atomic mass is 35.5. The van der Waals surface area contributed by atoms with Crippen LogP contribution in [0.3, 0.4) is 0 Å². The number of hydrogen-bond donors (Lipinski definition) is 2. The van der Waals surface area contributed by atoms with Crippen LogP contribution >= 0.6 is 11.6 Å². The van der Waals surface area contributed by atoms with Crippen LogP contribution in [0.1, 0.15) is 5.89 Å². The minimum atomic E-state index is -3.72. The molecule has 3 rings (SSSR count). The molecule has 114 valence electrons. The molecule has 0 aliphatic rings. The average molecular weight is 339 g/mol. The second-order valence-electron chi connectivity index (χ2n) is 4.49. The van der Waals surface area contributed by atoms with Crippen molar-refractivity contribution in [3.8, 4) is 11.6 Å². The quantitative estimate of drug-likeness (QED) is 0.761. The Morgan fingerprint density at radius 1 is 1.23 bits per heavy atom. The van der Waals surface area contributed by atoms with Crippen LogP contribution in [-0.4, -0.2) is 23.6 Å². The van der Waals surface area contributed by atoms with Crippen LogP contribution < -0.4 is 4.72 Å². The zero-order valence-electron chi connectivity index (χ0n) is 11.4. The molecule has 0 radical (unpaired) electrons. The molecule has 3 aromatic rings. The summed E-state index contributed by atoms with van der Waals surface area (Å²) in [6.45, 7) is 1.65. The number of H-pyrrole nitrogens is 1. The normalized spacial score (nSPS) is 11.5. The molecular formula is C13H11ClN4O3S. The minimum absolute atomic E-state index is 0.0632. The van der Waals surface area contributed by atoms with E-state index in [0.717, 1.165) is 0 Å². The van der Waals surface area contributed by atoms with Gasteiger partial charge in [0.2, 0.25) is 5.89 Å². The monoisotopic (exact) mass is 338 g/mol. The molecule has 0 amide bonds. The molecule has 22 heavy (non-hydrogen) atoms. The maximum absolute atomic E-state index is 12.3. The lowest BCUT2D eigenvalue weighted by atomic mass is 10.3. The third-order valence-corrected chi connectivity index (χ3v) is 4.43. The van der Waals surface area contributed by atoms with Crippen molar-refractivity contribution in [3.05, 3.63) is 47.4 Å². The molecule has 0 fully saturated rings. The Bertz CT molecular complexity index is 900. The summed E-state index contributed by atoms with van der Waals surface area (Å²) in [6, 6.07) is 7.78. The highest BCUT2D eigenvalue weighted by Gasteiger charge is 2.18. The Morgan fingerprint density at radius 2 is 1.95 bits per heavy atom. The van der Waals surface area contributed by atoms with Crippen LogP contribution in [0.4, 0.5) is 5.69 Å². The number of halogens is 1. The molecule has 0 saturated heterocycles. The summed E-state index contributed by atoms with van der Waals surface area (Å²) < 4.78 is 32.3. The highest BCUT2D eigenvalue weighted by Crippen LogP contribution is 2.23. The van der Waals surface area contributed by atoms with Gasteiger partial charge in [-0.3, -0.25) is 4.72 Å². The van der Waals surface area contributed by atoms with Crippen molar-refractivity contribution in [2.24, 2.45) is 0 Å². The molecule has 0 atom stereocenters. The van der Waals surface area contributed by atoms with Gasteiger partial charge in [-0.15, -0.1) is 10.2 Å². The van der Waals surface area contributed by atoms with Crippen molar-refractivity contribution in [2.75, 3.05) is 4.72 Å². The number of anilines is 1. The van der Waals surface area contributed by atoms with E-state index < -0.39 is 10.0 Å². The maximum Gasteiger partial charge on any atom is 0.264 e. The standard InChI is InChI=1S/C13H11ClN4O3S/c1-8-16-17-13(21-8)12-6-11(7-15-12)22(19,20)18-10-4-2-9(14)3-5-10/h2-7,15,18H,1H3. The van der Waals surface area contributed by atoms with E-state index in [1.807, 2.05) is 0 Å². The smallest absolute Gasteiger partial charge is 0.264 e. The SMILES string of the molecule is Cc1nnc(-c2cc(S(=O)(=O)Nc3ccc(Cl)cc3)c[nH]2)o1. The summed E-state index contributed by atoms with van der Waals surface area (Å²) in [6.07, 6.45) is 1.35. The van der Waals surface area contributed by atoms with Crippen LogP contribution in [0.25, 0.3) is 11.6 Å². The van der Waals surface area contributed by atoms with E-state index in [-0.39, 0.29) is 10.8 Å².